The van der Waals surface area contributed by atoms with E-state index in [0.29, 0.717) is 25.0 Å². The van der Waals surface area contributed by atoms with Crippen LogP contribution in [-0.2, 0) is 36.3 Å². The van der Waals surface area contributed by atoms with Crippen LogP contribution in [0.3, 0.4) is 0 Å². The number of aliphatic hydroxyl groups excluding tert-OH is 1. The molecule has 2 aromatic carbocycles. The van der Waals surface area contributed by atoms with Crippen LogP contribution in [0.5, 0.6) is 0 Å². The maximum absolute atomic E-state index is 15.9. The third kappa shape index (κ3) is 7.59. The van der Waals surface area contributed by atoms with Crippen LogP contribution >= 0.6 is 0 Å². The van der Waals surface area contributed by atoms with E-state index in [0.717, 1.165) is 18.2 Å². The van der Waals surface area contributed by atoms with Crippen molar-refractivity contribution in [2.75, 3.05) is 13.4 Å². The number of primary amides is 1. The van der Waals surface area contributed by atoms with Crippen molar-refractivity contribution >= 4 is 24.0 Å². The van der Waals surface area contributed by atoms with E-state index in [2.05, 4.69) is 19.6 Å². The van der Waals surface area contributed by atoms with Gasteiger partial charge in [0, 0.05) is 38.2 Å². The zero-order valence-corrected chi connectivity index (χ0v) is 28.1. The second-order valence-electron chi connectivity index (χ2n) is 14.0. The Labute approximate surface area is 261 Å². The number of sulfonamides is 1. The van der Waals surface area contributed by atoms with Crippen LogP contribution in [0.15, 0.2) is 42.5 Å². The molecule has 244 valence electrons. The van der Waals surface area contributed by atoms with Crippen molar-refractivity contribution < 1.29 is 36.6 Å². The molecule has 3 N–H and O–H groups in total. The van der Waals surface area contributed by atoms with Crippen molar-refractivity contribution in [1.82, 2.24) is 4.31 Å². The maximum Gasteiger partial charge on any atom is 0.221 e. The lowest BCUT2D eigenvalue weighted by Crippen LogP contribution is -2.61. The molecule has 0 aromatic heterocycles. The number of benzene rings is 2. The van der Waals surface area contributed by atoms with E-state index in [1.54, 1.807) is 38.1 Å². The SMILES string of the molecule is C[C@H]1CC[C@H](c2ccccc2)S(=O)(=O)N1Cc1cc(F)c(C2(C(O)CC(N)=O)CC(C)(OCOCC[Si](C)(C)C)C2)cc1F. The summed E-state index contributed by atoms with van der Waals surface area (Å²) in [6.07, 6.45) is -0.585. The van der Waals surface area contributed by atoms with Crippen LogP contribution in [0.1, 0.15) is 67.9 Å². The molecule has 8 nitrogen and oxygen atoms in total. The molecule has 4 rings (SSSR count). The first kappa shape index (κ1) is 34.6. The Bertz CT molecular complexity index is 1430. The second-order valence-corrected chi connectivity index (χ2v) is 21.7. The van der Waals surface area contributed by atoms with Gasteiger partial charge in [0.05, 0.1) is 18.1 Å². The van der Waals surface area contributed by atoms with Crippen molar-refractivity contribution in [1.29, 1.82) is 0 Å². The van der Waals surface area contributed by atoms with Gasteiger partial charge >= 0.3 is 0 Å². The predicted molar refractivity (Wildman–Crippen MR) is 168 cm³/mol. The lowest BCUT2D eigenvalue weighted by molar-refractivity contribution is -0.206. The highest BCUT2D eigenvalue weighted by atomic mass is 32.2. The number of amides is 1. The number of aliphatic hydroxyl groups is 1. The molecule has 44 heavy (non-hydrogen) atoms. The molecule has 1 heterocycles. The van der Waals surface area contributed by atoms with Gasteiger partial charge in [0.25, 0.3) is 0 Å². The molecule has 1 aliphatic heterocycles. The molecule has 3 atom stereocenters. The zero-order valence-electron chi connectivity index (χ0n) is 26.3. The number of hydrogen-bond donors (Lipinski definition) is 2. The highest BCUT2D eigenvalue weighted by Crippen LogP contribution is 2.55. The number of halogens is 2. The number of carbonyl (C=O) groups excluding carboxylic acids is 1. The third-order valence-corrected chi connectivity index (χ3v) is 13.2. The topological polar surface area (TPSA) is 119 Å². The second kappa shape index (κ2) is 13.3. The van der Waals surface area contributed by atoms with Crippen LogP contribution in [0.25, 0.3) is 0 Å². The molecule has 0 bridgehead atoms. The average Bonchev–Trinajstić information content (AvgIpc) is 2.90. The Hall–Kier alpha value is -2.22. The molecule has 0 radical (unpaired) electrons. The summed E-state index contributed by atoms with van der Waals surface area (Å²) >= 11 is 0. The predicted octanol–water partition coefficient (Wildman–Crippen LogP) is 5.38. The summed E-state index contributed by atoms with van der Waals surface area (Å²) in [6.45, 7) is 10.5. The largest absolute Gasteiger partial charge is 0.392 e. The van der Waals surface area contributed by atoms with Crippen molar-refractivity contribution in [2.45, 2.75) is 107 Å². The Morgan fingerprint density at radius 3 is 2.41 bits per heavy atom. The number of ether oxygens (including phenoxy) is 2. The van der Waals surface area contributed by atoms with Crippen LogP contribution in [0.2, 0.25) is 25.7 Å². The summed E-state index contributed by atoms with van der Waals surface area (Å²) in [7, 11) is -5.14. The molecule has 1 saturated heterocycles. The van der Waals surface area contributed by atoms with Gasteiger partial charge in [-0.15, -0.1) is 0 Å². The van der Waals surface area contributed by atoms with Crippen molar-refractivity contribution in [3.63, 3.8) is 0 Å². The highest BCUT2D eigenvalue weighted by Gasteiger charge is 2.59. The lowest BCUT2D eigenvalue weighted by atomic mass is 9.53. The fourth-order valence-electron chi connectivity index (χ4n) is 6.61. The minimum Gasteiger partial charge on any atom is -0.392 e. The van der Waals surface area contributed by atoms with Crippen molar-refractivity contribution in [2.24, 2.45) is 5.73 Å². The number of carbonyl (C=O) groups is 1. The highest BCUT2D eigenvalue weighted by molar-refractivity contribution is 7.89. The number of nitrogens with two attached hydrogens (primary N) is 1. The fraction of sp³-hybridized carbons (Fsp3) is 0.594. The normalized spacial score (nSPS) is 27.9. The first-order chi connectivity index (χ1) is 20.5. The standard InChI is InChI=1S/C32H46F2N2O6SSi/c1-22-11-12-28(23-9-7-6-8-10-23)43(39,40)36(22)18-24-15-27(34)25(16-26(24)33)32(29(37)17-30(35)38)19-31(2,20-32)42-21-41-13-14-44(3,4)5/h6-10,15-16,22,28-29,37H,11-14,17-21H2,1-5H3,(H2,35,38)/t22-,28+,29?,31?,32?/m0/s1. The summed E-state index contributed by atoms with van der Waals surface area (Å²) in [5.74, 6) is -2.35. The molecule has 1 unspecified atom stereocenters. The van der Waals surface area contributed by atoms with Gasteiger partial charge in [-0.25, -0.2) is 17.2 Å². The summed E-state index contributed by atoms with van der Waals surface area (Å²) in [5.41, 5.74) is 3.71. The maximum atomic E-state index is 15.9. The molecule has 2 aliphatic rings. The Kier molecular flexibility index (Phi) is 10.4. The van der Waals surface area contributed by atoms with E-state index in [1.165, 1.54) is 4.31 Å². The summed E-state index contributed by atoms with van der Waals surface area (Å²) < 4.78 is 71.9. The summed E-state index contributed by atoms with van der Waals surface area (Å²) in [6, 6.07) is 11.5. The zero-order chi connectivity index (χ0) is 32.5. The van der Waals surface area contributed by atoms with Crippen LogP contribution in [0, 0.1) is 11.6 Å². The van der Waals surface area contributed by atoms with E-state index in [1.807, 2.05) is 6.07 Å². The van der Waals surface area contributed by atoms with E-state index in [4.69, 9.17) is 15.2 Å². The van der Waals surface area contributed by atoms with Crippen LogP contribution in [-0.4, -0.2) is 63.0 Å². The van der Waals surface area contributed by atoms with Crippen LogP contribution < -0.4 is 5.73 Å². The van der Waals surface area contributed by atoms with Crippen molar-refractivity contribution in [3.05, 3.63) is 70.8 Å². The summed E-state index contributed by atoms with van der Waals surface area (Å²) in [4.78, 5) is 11.7. The van der Waals surface area contributed by atoms with E-state index >= 15 is 8.78 Å². The number of nitrogens with zero attached hydrogens (tertiary/aromatic N) is 1. The van der Waals surface area contributed by atoms with Crippen molar-refractivity contribution in [3.8, 4) is 0 Å². The minimum absolute atomic E-state index is 0.0191. The minimum atomic E-state index is -3.86. The van der Waals surface area contributed by atoms with Gasteiger partial charge < -0.3 is 20.3 Å². The van der Waals surface area contributed by atoms with Gasteiger partial charge in [0.2, 0.25) is 15.9 Å². The van der Waals surface area contributed by atoms with E-state index < -0.39 is 70.5 Å². The van der Waals surface area contributed by atoms with Gasteiger partial charge in [-0.1, -0.05) is 50.0 Å². The van der Waals surface area contributed by atoms with Gasteiger partial charge in [-0.3, -0.25) is 4.79 Å². The van der Waals surface area contributed by atoms with Gasteiger partial charge in [-0.05, 0) is 68.8 Å². The van der Waals surface area contributed by atoms with Gasteiger partial charge in [-0.2, -0.15) is 4.31 Å². The Balaban J connectivity index is 1.56. The average molecular weight is 653 g/mol. The first-order valence-electron chi connectivity index (χ1n) is 15.2. The molecule has 12 heteroatoms. The van der Waals surface area contributed by atoms with Crippen LogP contribution in [0.4, 0.5) is 8.78 Å². The van der Waals surface area contributed by atoms with E-state index in [-0.39, 0.29) is 37.3 Å². The molecular weight excluding hydrogens is 607 g/mol. The van der Waals surface area contributed by atoms with Gasteiger partial charge in [0.15, 0.2) is 0 Å². The Morgan fingerprint density at radius 1 is 1.14 bits per heavy atom. The molecule has 0 spiro atoms. The smallest absolute Gasteiger partial charge is 0.221 e. The fourth-order valence-corrected chi connectivity index (χ4v) is 9.55. The molecule has 2 fully saturated rings. The lowest BCUT2D eigenvalue weighted by Gasteiger charge is -2.56. The molecular formula is C32H46F2N2O6SSi. The monoisotopic (exact) mass is 652 g/mol. The van der Waals surface area contributed by atoms with E-state index in [9.17, 15) is 18.3 Å². The molecule has 1 saturated carbocycles. The van der Waals surface area contributed by atoms with Gasteiger partial charge in [0.1, 0.15) is 23.7 Å². The quantitative estimate of drug-likeness (QED) is 0.171. The first-order valence-corrected chi connectivity index (χ1v) is 20.4. The summed E-state index contributed by atoms with van der Waals surface area (Å²) in [5, 5.41) is 10.3. The molecule has 1 amide bonds. The molecule has 1 aliphatic carbocycles. The Morgan fingerprint density at radius 2 is 1.80 bits per heavy atom. The number of rotatable bonds is 13. The molecule has 2 aromatic rings. The third-order valence-electron chi connectivity index (χ3n) is 9.09. The number of hydrogen-bond acceptors (Lipinski definition) is 6.